The molecule has 4 nitrogen and oxygen atoms in total. The second-order valence-corrected chi connectivity index (χ2v) is 5.70. The number of nitrogen functional groups attached to an aromatic ring is 1. The average Bonchev–Trinajstić information content (AvgIpc) is 2.48. The lowest BCUT2D eigenvalue weighted by Gasteiger charge is -2.30. The summed E-state index contributed by atoms with van der Waals surface area (Å²) in [6, 6.07) is 5.42. The first-order valence-corrected chi connectivity index (χ1v) is 7.27. The fraction of sp³-hybridized carbons (Fsp3) is 0.467. The number of halogens is 3. The number of benzene rings is 1. The second kappa shape index (κ2) is 5.62. The molecule has 2 aromatic rings. The molecule has 1 heterocycles. The third kappa shape index (κ3) is 2.93. The number of alkyl halides is 3. The highest BCUT2D eigenvalue weighted by atomic mass is 19.4. The molecule has 3 N–H and O–H groups in total. The lowest BCUT2D eigenvalue weighted by Crippen LogP contribution is -2.33. The van der Waals surface area contributed by atoms with Gasteiger partial charge in [0.2, 0.25) is 0 Å². The van der Waals surface area contributed by atoms with Crippen molar-refractivity contribution < 1.29 is 13.2 Å². The van der Waals surface area contributed by atoms with Gasteiger partial charge in [-0.05, 0) is 37.8 Å². The summed E-state index contributed by atoms with van der Waals surface area (Å²) in [4.78, 5) is 8.36. The molecule has 7 heteroatoms. The van der Waals surface area contributed by atoms with E-state index in [4.69, 9.17) is 5.73 Å². The normalized spacial score (nSPS) is 22.7. The molecular formula is C15H17F3N4. The van der Waals surface area contributed by atoms with Gasteiger partial charge in [0.25, 0.3) is 0 Å². The summed E-state index contributed by atoms with van der Waals surface area (Å²) in [7, 11) is 0. The molecular weight excluding hydrogens is 293 g/mol. The van der Waals surface area contributed by atoms with Crippen molar-refractivity contribution in [2.75, 3.05) is 11.1 Å². The number of anilines is 2. The monoisotopic (exact) mass is 310 g/mol. The molecule has 0 radical (unpaired) electrons. The van der Waals surface area contributed by atoms with Gasteiger partial charge in [-0.15, -0.1) is 0 Å². The highest BCUT2D eigenvalue weighted by Crippen LogP contribution is 2.38. The lowest BCUT2D eigenvalue weighted by atomic mass is 9.85. The first-order chi connectivity index (χ1) is 10.4. The summed E-state index contributed by atoms with van der Waals surface area (Å²) in [5.41, 5.74) is 7.10. The number of nitrogens with zero attached hydrogens (tertiary/aromatic N) is 2. The Balaban J connectivity index is 1.74. The molecule has 1 aromatic heterocycles. The zero-order valence-corrected chi connectivity index (χ0v) is 11.9. The quantitative estimate of drug-likeness (QED) is 0.829. The van der Waals surface area contributed by atoms with Crippen molar-refractivity contribution in [3.8, 4) is 0 Å². The van der Waals surface area contributed by atoms with Gasteiger partial charge >= 0.3 is 6.18 Å². The van der Waals surface area contributed by atoms with Crippen LogP contribution in [0.2, 0.25) is 0 Å². The van der Waals surface area contributed by atoms with Gasteiger partial charge in [0.1, 0.15) is 12.1 Å². The number of rotatable bonds is 2. The molecule has 1 aliphatic carbocycles. The summed E-state index contributed by atoms with van der Waals surface area (Å²) in [5.74, 6) is -0.545. The molecule has 22 heavy (non-hydrogen) atoms. The molecule has 1 aliphatic rings. The van der Waals surface area contributed by atoms with E-state index in [0.29, 0.717) is 29.9 Å². The van der Waals surface area contributed by atoms with Crippen LogP contribution >= 0.6 is 0 Å². The van der Waals surface area contributed by atoms with E-state index in [1.54, 1.807) is 6.07 Å². The number of nitrogens with one attached hydrogen (secondary N) is 1. The van der Waals surface area contributed by atoms with Crippen LogP contribution in [0, 0.1) is 5.92 Å². The summed E-state index contributed by atoms with van der Waals surface area (Å²) in [5, 5.41) is 4.04. The van der Waals surface area contributed by atoms with Gasteiger partial charge in [-0.1, -0.05) is 6.07 Å². The minimum absolute atomic E-state index is 0.00173. The van der Waals surface area contributed by atoms with E-state index in [2.05, 4.69) is 15.3 Å². The molecule has 0 bridgehead atoms. The van der Waals surface area contributed by atoms with E-state index in [1.807, 2.05) is 12.1 Å². The van der Waals surface area contributed by atoms with Crippen molar-refractivity contribution >= 4 is 22.4 Å². The molecule has 0 aliphatic heterocycles. The first kappa shape index (κ1) is 14.9. The molecule has 118 valence electrons. The molecule has 1 saturated carbocycles. The smallest absolute Gasteiger partial charge is 0.391 e. The maximum absolute atomic E-state index is 12.7. The number of para-hydroxylation sites is 1. The summed E-state index contributed by atoms with van der Waals surface area (Å²) in [6.07, 6.45) is -1.38. The SMILES string of the molecule is Nc1cccc2c(NC3CCC(C(F)(F)F)CC3)ncnc12. The molecule has 0 amide bonds. The Labute approximate surface area is 125 Å². The second-order valence-electron chi connectivity index (χ2n) is 5.70. The van der Waals surface area contributed by atoms with E-state index in [1.165, 1.54) is 6.33 Å². The van der Waals surface area contributed by atoms with Crippen molar-refractivity contribution in [3.05, 3.63) is 24.5 Å². The van der Waals surface area contributed by atoms with Crippen LogP contribution in [0.4, 0.5) is 24.7 Å². The highest BCUT2D eigenvalue weighted by molar-refractivity contribution is 5.96. The fourth-order valence-corrected chi connectivity index (χ4v) is 2.98. The van der Waals surface area contributed by atoms with Crippen LogP contribution in [0.1, 0.15) is 25.7 Å². The zero-order valence-electron chi connectivity index (χ0n) is 11.9. The van der Waals surface area contributed by atoms with Gasteiger partial charge in [0.15, 0.2) is 0 Å². The summed E-state index contributed by atoms with van der Waals surface area (Å²) in [6.45, 7) is 0. The van der Waals surface area contributed by atoms with Crippen LogP contribution in [0.15, 0.2) is 24.5 Å². The number of nitrogens with two attached hydrogens (primary N) is 1. The Morgan fingerprint density at radius 1 is 1.09 bits per heavy atom. The molecule has 0 spiro atoms. The minimum Gasteiger partial charge on any atom is -0.397 e. The zero-order chi connectivity index (χ0) is 15.7. The third-order valence-electron chi connectivity index (χ3n) is 4.23. The Morgan fingerprint density at radius 3 is 2.50 bits per heavy atom. The Hall–Kier alpha value is -2.05. The van der Waals surface area contributed by atoms with Crippen LogP contribution in [0.5, 0.6) is 0 Å². The molecule has 0 atom stereocenters. The minimum atomic E-state index is -4.08. The number of aromatic nitrogens is 2. The van der Waals surface area contributed by atoms with Crippen LogP contribution in [0.3, 0.4) is 0 Å². The average molecular weight is 310 g/mol. The third-order valence-corrected chi connectivity index (χ3v) is 4.23. The molecule has 1 fully saturated rings. The lowest BCUT2D eigenvalue weighted by molar-refractivity contribution is -0.182. The van der Waals surface area contributed by atoms with Crippen LogP contribution in [0.25, 0.3) is 10.9 Å². The van der Waals surface area contributed by atoms with E-state index in [9.17, 15) is 13.2 Å². The van der Waals surface area contributed by atoms with Crippen LogP contribution < -0.4 is 11.1 Å². The predicted octanol–water partition coefficient (Wildman–Crippen LogP) is 3.75. The largest absolute Gasteiger partial charge is 0.397 e. The number of hydrogen-bond acceptors (Lipinski definition) is 4. The Morgan fingerprint density at radius 2 is 1.82 bits per heavy atom. The first-order valence-electron chi connectivity index (χ1n) is 7.27. The van der Waals surface area contributed by atoms with Crippen molar-refractivity contribution in [2.45, 2.75) is 37.9 Å². The van der Waals surface area contributed by atoms with E-state index in [0.717, 1.165) is 5.39 Å². The van der Waals surface area contributed by atoms with E-state index >= 15 is 0 Å². The number of hydrogen-bond donors (Lipinski definition) is 2. The maximum atomic E-state index is 12.7. The number of fused-ring (bicyclic) bond motifs is 1. The topological polar surface area (TPSA) is 63.8 Å². The van der Waals surface area contributed by atoms with Gasteiger partial charge in [-0.3, -0.25) is 0 Å². The highest BCUT2D eigenvalue weighted by Gasteiger charge is 2.41. The Bertz CT molecular complexity index is 663. The van der Waals surface area contributed by atoms with Crippen LogP contribution in [-0.4, -0.2) is 22.2 Å². The molecule has 0 unspecified atom stereocenters. The molecule has 1 aromatic carbocycles. The fourth-order valence-electron chi connectivity index (χ4n) is 2.98. The maximum Gasteiger partial charge on any atom is 0.391 e. The van der Waals surface area contributed by atoms with Gasteiger partial charge in [0, 0.05) is 11.4 Å². The van der Waals surface area contributed by atoms with Crippen molar-refractivity contribution in [3.63, 3.8) is 0 Å². The van der Waals surface area contributed by atoms with Crippen LogP contribution in [-0.2, 0) is 0 Å². The van der Waals surface area contributed by atoms with Crippen molar-refractivity contribution in [2.24, 2.45) is 5.92 Å². The van der Waals surface area contributed by atoms with Gasteiger partial charge in [-0.2, -0.15) is 13.2 Å². The van der Waals surface area contributed by atoms with Gasteiger partial charge in [-0.25, -0.2) is 9.97 Å². The molecule has 3 rings (SSSR count). The van der Waals surface area contributed by atoms with Crippen molar-refractivity contribution in [1.29, 1.82) is 0 Å². The van der Waals surface area contributed by atoms with Crippen molar-refractivity contribution in [1.82, 2.24) is 9.97 Å². The van der Waals surface area contributed by atoms with E-state index in [-0.39, 0.29) is 18.9 Å². The predicted molar refractivity (Wildman–Crippen MR) is 79.4 cm³/mol. The van der Waals surface area contributed by atoms with Gasteiger partial charge < -0.3 is 11.1 Å². The summed E-state index contributed by atoms with van der Waals surface area (Å²) >= 11 is 0. The summed E-state index contributed by atoms with van der Waals surface area (Å²) < 4.78 is 38.1. The van der Waals surface area contributed by atoms with Gasteiger partial charge in [0.05, 0.1) is 17.1 Å². The molecule has 0 saturated heterocycles. The van der Waals surface area contributed by atoms with E-state index < -0.39 is 12.1 Å². The Kier molecular flexibility index (Phi) is 3.80. The standard InChI is InChI=1S/C15H17F3N4/c16-15(17,18)9-4-6-10(7-5-9)22-14-11-2-1-3-12(19)13(11)20-8-21-14/h1-3,8-10H,4-7,19H2,(H,20,21,22).